The molecule has 1 heterocycles. The molecule has 0 atom stereocenters. The summed E-state index contributed by atoms with van der Waals surface area (Å²) in [5.41, 5.74) is 4.07. The molecule has 0 aromatic heterocycles. The van der Waals surface area contributed by atoms with Crippen LogP contribution >= 0.6 is 23.2 Å². The Labute approximate surface area is 157 Å². The second-order valence-electron chi connectivity index (χ2n) is 6.00. The van der Waals surface area contributed by atoms with Crippen LogP contribution in [0.25, 0.3) is 0 Å². The molecule has 0 radical (unpaired) electrons. The van der Waals surface area contributed by atoms with E-state index in [1.165, 1.54) is 11.1 Å². The van der Waals surface area contributed by atoms with Gasteiger partial charge >= 0.3 is 5.97 Å². The summed E-state index contributed by atoms with van der Waals surface area (Å²) in [7, 11) is 0. The standard InChI is InChI=1S/C20H17Cl2NO2/c21-18-2-1-3-19(22)17(18)7-5-14-4-6-16-13-23(11-9-20(24)25)10-8-15(16)12-14/h1-4,6,12H,8-11,13H2,(H,24,25). The molecule has 25 heavy (non-hydrogen) atoms. The molecule has 3 nitrogen and oxygen atoms in total. The van der Waals surface area contributed by atoms with E-state index in [1.807, 2.05) is 6.07 Å². The summed E-state index contributed by atoms with van der Waals surface area (Å²) in [5, 5.41) is 9.90. The van der Waals surface area contributed by atoms with Gasteiger partial charge in [0.15, 0.2) is 0 Å². The van der Waals surface area contributed by atoms with Crippen LogP contribution in [0.2, 0.25) is 10.0 Å². The summed E-state index contributed by atoms with van der Waals surface area (Å²) < 4.78 is 0. The van der Waals surface area contributed by atoms with E-state index in [1.54, 1.807) is 18.2 Å². The Hall–Kier alpha value is -1.99. The Kier molecular flexibility index (Phi) is 5.65. The minimum Gasteiger partial charge on any atom is -0.481 e. The first-order valence-corrected chi connectivity index (χ1v) is 8.80. The van der Waals surface area contributed by atoms with Crippen molar-refractivity contribution in [1.29, 1.82) is 0 Å². The number of benzene rings is 2. The molecular formula is C20H17Cl2NO2. The van der Waals surface area contributed by atoms with E-state index >= 15 is 0 Å². The molecule has 0 saturated heterocycles. The van der Waals surface area contributed by atoms with E-state index in [2.05, 4.69) is 28.9 Å². The van der Waals surface area contributed by atoms with Crippen LogP contribution < -0.4 is 0 Å². The van der Waals surface area contributed by atoms with Crippen LogP contribution in [-0.4, -0.2) is 29.1 Å². The zero-order chi connectivity index (χ0) is 17.8. The van der Waals surface area contributed by atoms with Crippen molar-refractivity contribution in [2.75, 3.05) is 13.1 Å². The molecule has 1 aliphatic rings. The van der Waals surface area contributed by atoms with Crippen LogP contribution in [0.15, 0.2) is 36.4 Å². The highest BCUT2D eigenvalue weighted by Crippen LogP contribution is 2.24. The van der Waals surface area contributed by atoms with Gasteiger partial charge in [-0.2, -0.15) is 0 Å². The number of rotatable bonds is 3. The molecule has 0 unspecified atom stereocenters. The van der Waals surface area contributed by atoms with Crippen LogP contribution in [0, 0.1) is 11.8 Å². The summed E-state index contributed by atoms with van der Waals surface area (Å²) >= 11 is 12.3. The van der Waals surface area contributed by atoms with Gasteiger partial charge < -0.3 is 5.11 Å². The Morgan fingerprint density at radius 2 is 1.88 bits per heavy atom. The molecular weight excluding hydrogens is 357 g/mol. The fourth-order valence-electron chi connectivity index (χ4n) is 2.89. The van der Waals surface area contributed by atoms with Gasteiger partial charge in [0.05, 0.1) is 22.0 Å². The van der Waals surface area contributed by atoms with Crippen molar-refractivity contribution < 1.29 is 9.90 Å². The lowest BCUT2D eigenvalue weighted by molar-refractivity contribution is -0.137. The number of hydrogen-bond donors (Lipinski definition) is 1. The van der Waals surface area contributed by atoms with Gasteiger partial charge in [0.2, 0.25) is 0 Å². The first kappa shape index (κ1) is 17.8. The quantitative estimate of drug-likeness (QED) is 0.818. The number of carboxylic acids is 1. The minimum atomic E-state index is -0.755. The Morgan fingerprint density at radius 1 is 1.12 bits per heavy atom. The number of fused-ring (bicyclic) bond motifs is 1. The third kappa shape index (κ3) is 4.55. The third-order valence-electron chi connectivity index (χ3n) is 4.23. The number of hydrogen-bond acceptors (Lipinski definition) is 2. The lowest BCUT2D eigenvalue weighted by Gasteiger charge is -2.28. The maximum atomic E-state index is 10.7. The Bertz CT molecular complexity index is 847. The van der Waals surface area contributed by atoms with Crippen molar-refractivity contribution in [3.05, 3.63) is 68.7 Å². The predicted octanol–water partition coefficient (Wildman–Crippen LogP) is 4.23. The first-order chi connectivity index (χ1) is 12.0. The van der Waals surface area contributed by atoms with Gasteiger partial charge in [-0.05, 0) is 41.8 Å². The van der Waals surface area contributed by atoms with Gasteiger partial charge in [0.1, 0.15) is 0 Å². The van der Waals surface area contributed by atoms with Crippen molar-refractivity contribution >= 4 is 29.2 Å². The second kappa shape index (κ2) is 7.93. The molecule has 0 amide bonds. The van der Waals surface area contributed by atoms with Crippen molar-refractivity contribution in [3.63, 3.8) is 0 Å². The highest BCUT2D eigenvalue weighted by atomic mass is 35.5. The molecule has 5 heteroatoms. The Balaban J connectivity index is 1.75. The SMILES string of the molecule is O=C(O)CCN1CCc2cc(C#Cc3c(Cl)cccc3Cl)ccc2C1. The topological polar surface area (TPSA) is 40.5 Å². The van der Waals surface area contributed by atoms with Crippen LogP contribution in [0.3, 0.4) is 0 Å². The zero-order valence-corrected chi connectivity index (χ0v) is 15.1. The van der Waals surface area contributed by atoms with Crippen LogP contribution in [-0.2, 0) is 17.8 Å². The number of halogens is 2. The molecule has 0 bridgehead atoms. The average Bonchev–Trinajstić information content (AvgIpc) is 2.59. The Morgan fingerprint density at radius 3 is 2.60 bits per heavy atom. The minimum absolute atomic E-state index is 0.178. The molecule has 2 aromatic rings. The van der Waals surface area contributed by atoms with E-state index in [0.29, 0.717) is 22.2 Å². The molecule has 3 rings (SSSR count). The fraction of sp³-hybridized carbons (Fsp3) is 0.250. The summed E-state index contributed by atoms with van der Waals surface area (Å²) in [5.74, 6) is 5.44. The maximum absolute atomic E-state index is 10.7. The average molecular weight is 374 g/mol. The lowest BCUT2D eigenvalue weighted by Crippen LogP contribution is -2.32. The molecule has 0 aliphatic carbocycles. The summed E-state index contributed by atoms with van der Waals surface area (Å²) in [6.07, 6.45) is 1.08. The van der Waals surface area contributed by atoms with Crippen LogP contribution in [0.5, 0.6) is 0 Å². The molecule has 0 spiro atoms. The highest BCUT2D eigenvalue weighted by molar-refractivity contribution is 6.36. The largest absolute Gasteiger partial charge is 0.481 e. The van der Waals surface area contributed by atoms with Crippen molar-refractivity contribution in [3.8, 4) is 11.8 Å². The van der Waals surface area contributed by atoms with Crippen molar-refractivity contribution in [2.45, 2.75) is 19.4 Å². The van der Waals surface area contributed by atoms with E-state index in [9.17, 15) is 4.79 Å². The first-order valence-electron chi connectivity index (χ1n) is 8.05. The zero-order valence-electron chi connectivity index (χ0n) is 13.6. The van der Waals surface area contributed by atoms with E-state index < -0.39 is 5.97 Å². The summed E-state index contributed by atoms with van der Waals surface area (Å²) in [6.45, 7) is 2.24. The van der Waals surface area contributed by atoms with E-state index in [0.717, 1.165) is 25.1 Å². The van der Waals surface area contributed by atoms with Gasteiger partial charge in [-0.15, -0.1) is 0 Å². The van der Waals surface area contributed by atoms with E-state index in [-0.39, 0.29) is 6.42 Å². The van der Waals surface area contributed by atoms with Crippen molar-refractivity contribution in [1.82, 2.24) is 4.90 Å². The maximum Gasteiger partial charge on any atom is 0.304 e. The highest BCUT2D eigenvalue weighted by Gasteiger charge is 2.16. The summed E-state index contributed by atoms with van der Waals surface area (Å²) in [6, 6.07) is 11.5. The normalized spacial score (nSPS) is 13.7. The number of carboxylic acid groups (broad SMARTS) is 1. The third-order valence-corrected chi connectivity index (χ3v) is 4.86. The number of nitrogens with zero attached hydrogens (tertiary/aromatic N) is 1. The molecule has 128 valence electrons. The number of aliphatic carboxylic acids is 1. The van der Waals surface area contributed by atoms with Crippen LogP contribution in [0.4, 0.5) is 0 Å². The van der Waals surface area contributed by atoms with Gasteiger partial charge in [-0.3, -0.25) is 9.69 Å². The molecule has 0 fully saturated rings. The monoisotopic (exact) mass is 373 g/mol. The van der Waals surface area contributed by atoms with Gasteiger partial charge in [0.25, 0.3) is 0 Å². The molecule has 2 aromatic carbocycles. The van der Waals surface area contributed by atoms with Gasteiger partial charge in [0, 0.05) is 25.2 Å². The fourth-order valence-corrected chi connectivity index (χ4v) is 3.38. The molecule has 1 aliphatic heterocycles. The van der Waals surface area contributed by atoms with Gasteiger partial charge in [-0.1, -0.05) is 47.2 Å². The predicted molar refractivity (Wildman–Crippen MR) is 100 cm³/mol. The van der Waals surface area contributed by atoms with E-state index in [4.69, 9.17) is 28.3 Å². The van der Waals surface area contributed by atoms with Crippen LogP contribution in [0.1, 0.15) is 28.7 Å². The number of carbonyl (C=O) groups is 1. The lowest BCUT2D eigenvalue weighted by atomic mass is 9.97. The second-order valence-corrected chi connectivity index (χ2v) is 6.81. The van der Waals surface area contributed by atoms with Crippen molar-refractivity contribution in [2.24, 2.45) is 0 Å². The smallest absolute Gasteiger partial charge is 0.304 e. The molecule has 1 N–H and O–H groups in total. The van der Waals surface area contributed by atoms with Gasteiger partial charge in [-0.25, -0.2) is 0 Å². The summed E-state index contributed by atoms with van der Waals surface area (Å²) in [4.78, 5) is 12.9. The molecule has 0 saturated carbocycles.